The summed E-state index contributed by atoms with van der Waals surface area (Å²) in [6, 6.07) is 2.84. The van der Waals surface area contributed by atoms with Crippen molar-refractivity contribution < 1.29 is 13.5 Å². The van der Waals surface area contributed by atoms with E-state index in [0.717, 1.165) is 0 Å². The van der Waals surface area contributed by atoms with Gasteiger partial charge in [0.2, 0.25) is 5.88 Å². The number of halogens is 3. The van der Waals surface area contributed by atoms with Gasteiger partial charge in [-0.1, -0.05) is 0 Å². The van der Waals surface area contributed by atoms with Gasteiger partial charge >= 0.3 is 0 Å². The summed E-state index contributed by atoms with van der Waals surface area (Å²) in [5.41, 5.74) is -0.169. The lowest BCUT2D eigenvalue weighted by atomic mass is 10.3. The summed E-state index contributed by atoms with van der Waals surface area (Å²) < 4.78 is 29.8. The van der Waals surface area contributed by atoms with Crippen molar-refractivity contribution in [2.24, 2.45) is 0 Å². The molecule has 1 aromatic heterocycles. The lowest BCUT2D eigenvalue weighted by molar-refractivity contribution is 0.146. The number of rotatable bonds is 2. The van der Waals surface area contributed by atoms with Gasteiger partial charge in [0, 0.05) is 0 Å². The van der Waals surface area contributed by atoms with E-state index in [2.05, 4.69) is 4.98 Å². The molecule has 66 valence electrons. The van der Waals surface area contributed by atoms with E-state index in [1.807, 2.05) is 22.6 Å². The fourth-order valence-electron chi connectivity index (χ4n) is 0.758. The van der Waals surface area contributed by atoms with Crippen molar-refractivity contribution in [3.05, 3.63) is 21.4 Å². The molecule has 1 aromatic rings. The molecular formula is C7H6F2INO. The molecule has 5 heteroatoms. The number of hydrogen-bond donors (Lipinski definition) is 0. The Hall–Kier alpha value is -0.460. The highest BCUT2D eigenvalue weighted by Crippen LogP contribution is 2.27. The molecule has 0 aliphatic heterocycles. The lowest BCUT2D eigenvalue weighted by Crippen LogP contribution is -1.96. The number of ether oxygens (including phenoxy) is 1. The van der Waals surface area contributed by atoms with Gasteiger partial charge in [-0.15, -0.1) is 0 Å². The van der Waals surface area contributed by atoms with E-state index >= 15 is 0 Å². The zero-order valence-electron chi connectivity index (χ0n) is 6.22. The van der Waals surface area contributed by atoms with Gasteiger partial charge in [-0.3, -0.25) is 0 Å². The number of pyridine rings is 1. The van der Waals surface area contributed by atoms with Crippen LogP contribution in [-0.4, -0.2) is 12.1 Å². The molecule has 0 amide bonds. The van der Waals surface area contributed by atoms with Crippen molar-refractivity contribution in [1.82, 2.24) is 4.98 Å². The quantitative estimate of drug-likeness (QED) is 0.615. The van der Waals surface area contributed by atoms with Crippen LogP contribution in [0, 0.1) is 3.70 Å². The Morgan fingerprint density at radius 2 is 2.17 bits per heavy atom. The van der Waals surface area contributed by atoms with Crippen LogP contribution in [0.3, 0.4) is 0 Å². The molecule has 0 bridgehead atoms. The topological polar surface area (TPSA) is 22.1 Å². The minimum Gasteiger partial charge on any atom is -0.481 e. The van der Waals surface area contributed by atoms with E-state index in [-0.39, 0.29) is 11.4 Å². The molecule has 0 radical (unpaired) electrons. The van der Waals surface area contributed by atoms with Crippen LogP contribution in [0.1, 0.15) is 12.0 Å². The molecule has 0 spiro atoms. The van der Waals surface area contributed by atoms with E-state index in [4.69, 9.17) is 4.74 Å². The van der Waals surface area contributed by atoms with Crippen LogP contribution < -0.4 is 4.74 Å². The summed E-state index contributed by atoms with van der Waals surface area (Å²) in [4.78, 5) is 3.80. The van der Waals surface area contributed by atoms with Gasteiger partial charge in [-0.2, -0.15) is 0 Å². The fraction of sp³-hybridized carbons (Fsp3) is 0.286. The second-order valence-electron chi connectivity index (χ2n) is 2.03. The zero-order chi connectivity index (χ0) is 9.14. The van der Waals surface area contributed by atoms with Crippen molar-refractivity contribution in [2.45, 2.75) is 6.43 Å². The van der Waals surface area contributed by atoms with Gasteiger partial charge in [0.15, 0.2) is 0 Å². The number of nitrogens with zero attached hydrogens (tertiary/aromatic N) is 1. The van der Waals surface area contributed by atoms with Gasteiger partial charge in [-0.05, 0) is 34.7 Å². The second kappa shape index (κ2) is 3.97. The monoisotopic (exact) mass is 285 g/mol. The first-order valence-electron chi connectivity index (χ1n) is 3.13. The van der Waals surface area contributed by atoms with E-state index in [1.54, 1.807) is 0 Å². The molecule has 0 aliphatic rings. The Morgan fingerprint density at radius 1 is 1.50 bits per heavy atom. The molecule has 1 rings (SSSR count). The zero-order valence-corrected chi connectivity index (χ0v) is 8.38. The fourth-order valence-corrected chi connectivity index (χ4v) is 1.16. The normalized spacial score (nSPS) is 10.4. The maximum absolute atomic E-state index is 12.2. The smallest absolute Gasteiger partial charge is 0.269 e. The van der Waals surface area contributed by atoms with Crippen LogP contribution in [0.5, 0.6) is 5.88 Å². The largest absolute Gasteiger partial charge is 0.481 e. The summed E-state index contributed by atoms with van der Waals surface area (Å²) in [5, 5.41) is 0. The van der Waals surface area contributed by atoms with Crippen molar-refractivity contribution in [1.29, 1.82) is 0 Å². The molecule has 0 aromatic carbocycles. The highest BCUT2D eigenvalue weighted by atomic mass is 127. The van der Waals surface area contributed by atoms with Crippen LogP contribution >= 0.6 is 22.6 Å². The maximum atomic E-state index is 12.2. The molecule has 0 N–H and O–H groups in total. The summed E-state index contributed by atoms with van der Waals surface area (Å²) in [6.07, 6.45) is -2.54. The van der Waals surface area contributed by atoms with Gasteiger partial charge in [0.05, 0.1) is 12.7 Å². The van der Waals surface area contributed by atoms with Crippen LogP contribution in [0.15, 0.2) is 12.1 Å². The predicted molar refractivity (Wildman–Crippen MR) is 48.5 cm³/mol. The molecule has 0 atom stereocenters. The Labute approximate surface area is 82.1 Å². The van der Waals surface area contributed by atoms with Gasteiger partial charge < -0.3 is 4.74 Å². The third-order valence-corrected chi connectivity index (χ3v) is 1.88. The summed E-state index contributed by atoms with van der Waals surface area (Å²) in [7, 11) is 1.32. The first-order chi connectivity index (χ1) is 5.65. The van der Waals surface area contributed by atoms with E-state index in [1.165, 1.54) is 19.2 Å². The Bertz CT molecular complexity index is 280. The van der Waals surface area contributed by atoms with Crippen LogP contribution in [-0.2, 0) is 0 Å². The Morgan fingerprint density at radius 3 is 2.67 bits per heavy atom. The van der Waals surface area contributed by atoms with Crippen molar-refractivity contribution in [3.8, 4) is 5.88 Å². The molecule has 2 nitrogen and oxygen atoms in total. The first kappa shape index (κ1) is 9.63. The molecule has 0 saturated heterocycles. The number of methoxy groups -OCH3 is 1. The molecule has 1 heterocycles. The number of aromatic nitrogens is 1. The standard InChI is InChI=1S/C7H6F2INO/c1-12-7-4(6(8)9)2-3-5(10)11-7/h2-3,6H,1H3. The van der Waals surface area contributed by atoms with Gasteiger partial charge in [0.1, 0.15) is 3.70 Å². The lowest BCUT2D eigenvalue weighted by Gasteiger charge is -2.05. The molecule has 0 fully saturated rings. The average Bonchev–Trinajstić information content (AvgIpc) is 2.03. The average molecular weight is 285 g/mol. The molecule has 0 saturated carbocycles. The Balaban J connectivity index is 3.11. The van der Waals surface area contributed by atoms with Crippen LogP contribution in [0.25, 0.3) is 0 Å². The molecule has 12 heavy (non-hydrogen) atoms. The molecule has 0 unspecified atom stereocenters. The minimum absolute atomic E-state index is 0.00287. The van der Waals surface area contributed by atoms with Crippen LogP contribution in [0.2, 0.25) is 0 Å². The third-order valence-electron chi connectivity index (χ3n) is 1.28. The summed E-state index contributed by atoms with van der Waals surface area (Å²) >= 11 is 1.93. The SMILES string of the molecule is COc1nc(I)ccc1C(F)F. The van der Waals surface area contributed by atoms with Crippen molar-refractivity contribution >= 4 is 22.6 Å². The maximum Gasteiger partial charge on any atom is 0.269 e. The second-order valence-corrected chi connectivity index (χ2v) is 3.14. The number of hydrogen-bond acceptors (Lipinski definition) is 2. The van der Waals surface area contributed by atoms with Gasteiger partial charge in [0.25, 0.3) is 6.43 Å². The highest BCUT2D eigenvalue weighted by molar-refractivity contribution is 14.1. The van der Waals surface area contributed by atoms with Crippen molar-refractivity contribution in [3.63, 3.8) is 0 Å². The highest BCUT2D eigenvalue weighted by Gasteiger charge is 2.14. The Kier molecular flexibility index (Phi) is 3.19. The summed E-state index contributed by atoms with van der Waals surface area (Å²) in [5.74, 6) is -0.00287. The predicted octanol–water partition coefficient (Wildman–Crippen LogP) is 2.63. The number of alkyl halides is 2. The summed E-state index contributed by atoms with van der Waals surface area (Å²) in [6.45, 7) is 0. The van der Waals surface area contributed by atoms with Crippen LogP contribution in [0.4, 0.5) is 8.78 Å². The minimum atomic E-state index is -2.54. The third kappa shape index (κ3) is 2.02. The van der Waals surface area contributed by atoms with E-state index < -0.39 is 6.43 Å². The van der Waals surface area contributed by atoms with E-state index in [0.29, 0.717) is 3.70 Å². The van der Waals surface area contributed by atoms with Gasteiger partial charge in [-0.25, -0.2) is 13.8 Å². The van der Waals surface area contributed by atoms with E-state index in [9.17, 15) is 8.78 Å². The van der Waals surface area contributed by atoms with Crippen molar-refractivity contribution in [2.75, 3.05) is 7.11 Å². The molecule has 0 aliphatic carbocycles. The molecular weight excluding hydrogens is 279 g/mol. The first-order valence-corrected chi connectivity index (χ1v) is 4.21.